The molecule has 11 heteroatoms. The van der Waals surface area contributed by atoms with E-state index in [4.69, 9.17) is 4.74 Å². The standard InChI is InChI=1S/C29H37N7O3S/c1-3-10-30-26(37)23-16-21(18-35-13-7-20(2)17-35)5-6-24(23)33-27(38)25-19-40-29(34-25)36-14-8-22(9-15-36)39-28-31-11-4-12-32-28/h4-6,11-12,16,19-20,22H,3,7-10,13-15,17-18H2,1-2H3,(H,30,37)(H,33,38)/t20-/m0/s1. The average Bonchev–Trinajstić information content (AvgIpc) is 3.63. The number of hydrogen-bond acceptors (Lipinski definition) is 9. The van der Waals surface area contributed by atoms with Gasteiger partial charge in [0.25, 0.3) is 11.8 Å². The molecule has 2 amide bonds. The summed E-state index contributed by atoms with van der Waals surface area (Å²) < 4.78 is 5.89. The van der Waals surface area contributed by atoms with Crippen LogP contribution in [0, 0.1) is 5.92 Å². The summed E-state index contributed by atoms with van der Waals surface area (Å²) in [5.41, 5.74) is 2.38. The number of nitrogens with one attached hydrogen (secondary N) is 2. The van der Waals surface area contributed by atoms with Crippen molar-refractivity contribution in [2.24, 2.45) is 5.92 Å². The molecule has 0 aliphatic carbocycles. The van der Waals surface area contributed by atoms with Crippen LogP contribution in [0.1, 0.15) is 65.9 Å². The lowest BCUT2D eigenvalue weighted by Gasteiger charge is -2.31. The topological polar surface area (TPSA) is 113 Å². The van der Waals surface area contributed by atoms with Gasteiger partial charge in [0.15, 0.2) is 5.13 Å². The van der Waals surface area contributed by atoms with Gasteiger partial charge >= 0.3 is 6.01 Å². The summed E-state index contributed by atoms with van der Waals surface area (Å²) >= 11 is 1.45. The molecule has 2 fully saturated rings. The van der Waals surface area contributed by atoms with Gasteiger partial charge in [-0.3, -0.25) is 14.5 Å². The van der Waals surface area contributed by atoms with E-state index in [2.05, 4.69) is 42.3 Å². The maximum atomic E-state index is 13.2. The molecule has 2 saturated heterocycles. The van der Waals surface area contributed by atoms with E-state index in [1.165, 1.54) is 17.8 Å². The number of rotatable bonds is 10. The van der Waals surface area contributed by atoms with Gasteiger partial charge in [0.2, 0.25) is 0 Å². The normalized spacial score (nSPS) is 18.1. The zero-order valence-corrected chi connectivity index (χ0v) is 24.0. The van der Waals surface area contributed by atoms with Crippen LogP contribution in [0.15, 0.2) is 42.0 Å². The van der Waals surface area contributed by atoms with Gasteiger partial charge in [-0.1, -0.05) is 19.9 Å². The molecule has 3 aromatic rings. The number of aromatic nitrogens is 3. The highest BCUT2D eigenvalue weighted by atomic mass is 32.1. The van der Waals surface area contributed by atoms with Gasteiger partial charge < -0.3 is 20.3 Å². The van der Waals surface area contributed by atoms with Gasteiger partial charge in [-0.25, -0.2) is 15.0 Å². The van der Waals surface area contributed by atoms with Crippen molar-refractivity contribution < 1.29 is 14.3 Å². The Morgan fingerprint density at radius 1 is 1.10 bits per heavy atom. The Labute approximate surface area is 239 Å². The molecule has 1 atom stereocenters. The second kappa shape index (κ2) is 13.2. The van der Waals surface area contributed by atoms with Crippen molar-refractivity contribution in [3.8, 4) is 6.01 Å². The maximum Gasteiger partial charge on any atom is 0.316 e. The third kappa shape index (κ3) is 7.14. The summed E-state index contributed by atoms with van der Waals surface area (Å²) in [6, 6.07) is 7.90. The van der Waals surface area contributed by atoms with Gasteiger partial charge in [0.05, 0.1) is 11.3 Å². The lowest BCUT2D eigenvalue weighted by molar-refractivity contribution is 0.0954. The highest BCUT2D eigenvalue weighted by Gasteiger charge is 2.25. The van der Waals surface area contributed by atoms with Crippen LogP contribution in [0.4, 0.5) is 10.8 Å². The van der Waals surface area contributed by atoms with Crippen molar-refractivity contribution in [3.63, 3.8) is 0 Å². The zero-order chi connectivity index (χ0) is 27.9. The van der Waals surface area contributed by atoms with Crippen LogP contribution in [0.25, 0.3) is 0 Å². The molecule has 2 N–H and O–H groups in total. The molecule has 0 unspecified atom stereocenters. The van der Waals surface area contributed by atoms with Crippen LogP contribution in [-0.2, 0) is 6.54 Å². The monoisotopic (exact) mass is 563 g/mol. The molecule has 10 nitrogen and oxygen atoms in total. The minimum Gasteiger partial charge on any atom is -0.460 e. The summed E-state index contributed by atoms with van der Waals surface area (Å²) in [6.07, 6.45) is 7.06. The van der Waals surface area contributed by atoms with E-state index in [9.17, 15) is 9.59 Å². The molecule has 5 rings (SSSR count). The molecule has 40 heavy (non-hydrogen) atoms. The molecule has 4 heterocycles. The quantitative estimate of drug-likeness (QED) is 0.377. The summed E-state index contributed by atoms with van der Waals surface area (Å²) in [5, 5.41) is 8.46. The second-order valence-corrected chi connectivity index (χ2v) is 11.4. The Morgan fingerprint density at radius 2 is 1.90 bits per heavy atom. The molecule has 0 radical (unpaired) electrons. The largest absolute Gasteiger partial charge is 0.460 e. The highest BCUT2D eigenvalue weighted by molar-refractivity contribution is 7.14. The van der Waals surface area contributed by atoms with Crippen LogP contribution in [0.2, 0.25) is 0 Å². The van der Waals surface area contributed by atoms with E-state index in [1.54, 1.807) is 23.8 Å². The molecule has 2 aliphatic heterocycles. The van der Waals surface area contributed by atoms with Crippen LogP contribution in [-0.4, -0.2) is 70.5 Å². The first-order valence-corrected chi connectivity index (χ1v) is 15.0. The Hall–Kier alpha value is -3.57. The minimum atomic E-state index is -0.326. The molecule has 0 spiro atoms. The van der Waals surface area contributed by atoms with Crippen molar-refractivity contribution in [1.82, 2.24) is 25.2 Å². The lowest BCUT2D eigenvalue weighted by atomic mass is 10.1. The number of likely N-dealkylation sites (tertiary alicyclic amines) is 1. The number of carbonyl (C=O) groups excluding carboxylic acids is 2. The third-order valence-electron chi connectivity index (χ3n) is 7.28. The Bertz CT molecular complexity index is 1290. The van der Waals surface area contributed by atoms with Crippen molar-refractivity contribution >= 4 is 34.0 Å². The van der Waals surface area contributed by atoms with Crippen molar-refractivity contribution in [1.29, 1.82) is 0 Å². The summed E-state index contributed by atoms with van der Waals surface area (Å²) in [7, 11) is 0. The molecule has 1 aromatic carbocycles. The van der Waals surface area contributed by atoms with Crippen LogP contribution < -0.4 is 20.3 Å². The number of amides is 2. The number of nitrogens with zero attached hydrogens (tertiary/aromatic N) is 5. The van der Waals surface area contributed by atoms with Crippen molar-refractivity contribution in [2.75, 3.05) is 42.9 Å². The number of anilines is 2. The molecular formula is C29H37N7O3S. The number of hydrogen-bond donors (Lipinski definition) is 2. The zero-order valence-electron chi connectivity index (χ0n) is 23.1. The average molecular weight is 564 g/mol. The third-order valence-corrected chi connectivity index (χ3v) is 8.18. The fourth-order valence-corrected chi connectivity index (χ4v) is 5.97. The molecule has 2 aromatic heterocycles. The number of benzene rings is 1. The first-order chi connectivity index (χ1) is 19.5. The minimum absolute atomic E-state index is 0.0514. The predicted molar refractivity (Wildman–Crippen MR) is 156 cm³/mol. The fraction of sp³-hybridized carbons (Fsp3) is 0.483. The highest BCUT2D eigenvalue weighted by Crippen LogP contribution is 2.27. The summed E-state index contributed by atoms with van der Waals surface area (Å²) in [4.78, 5) is 43.7. The predicted octanol–water partition coefficient (Wildman–Crippen LogP) is 4.21. The van der Waals surface area contributed by atoms with Gasteiger partial charge in [0.1, 0.15) is 11.8 Å². The second-order valence-electron chi connectivity index (χ2n) is 10.6. The van der Waals surface area contributed by atoms with Crippen LogP contribution >= 0.6 is 11.3 Å². The molecule has 2 aliphatic rings. The van der Waals surface area contributed by atoms with Gasteiger partial charge in [-0.2, -0.15) is 0 Å². The molecule has 0 bridgehead atoms. The first kappa shape index (κ1) is 28.0. The van der Waals surface area contributed by atoms with Crippen LogP contribution in [0.3, 0.4) is 0 Å². The van der Waals surface area contributed by atoms with E-state index in [-0.39, 0.29) is 17.9 Å². The van der Waals surface area contributed by atoms with E-state index >= 15 is 0 Å². The fourth-order valence-electron chi connectivity index (χ4n) is 5.11. The summed E-state index contributed by atoms with van der Waals surface area (Å²) in [6.45, 7) is 9.32. The number of piperidine rings is 1. The van der Waals surface area contributed by atoms with E-state index in [0.717, 1.165) is 62.7 Å². The lowest BCUT2D eigenvalue weighted by Crippen LogP contribution is -2.38. The van der Waals surface area contributed by atoms with Crippen molar-refractivity contribution in [3.05, 3.63) is 58.9 Å². The van der Waals surface area contributed by atoms with E-state index in [0.29, 0.717) is 35.4 Å². The SMILES string of the molecule is CCCNC(=O)c1cc(CN2CC[C@H](C)C2)ccc1NC(=O)c1csc(N2CCC(Oc3ncccn3)CC2)n1. The van der Waals surface area contributed by atoms with Crippen molar-refractivity contribution in [2.45, 2.75) is 52.2 Å². The van der Waals surface area contributed by atoms with Gasteiger partial charge in [0, 0.05) is 63.3 Å². The first-order valence-electron chi connectivity index (χ1n) is 14.1. The Morgan fingerprint density at radius 3 is 2.62 bits per heavy atom. The summed E-state index contributed by atoms with van der Waals surface area (Å²) in [5.74, 6) is 0.184. The Kier molecular flexibility index (Phi) is 9.22. The van der Waals surface area contributed by atoms with E-state index < -0.39 is 0 Å². The molecule has 212 valence electrons. The molecule has 0 saturated carbocycles. The number of thiazole rings is 1. The van der Waals surface area contributed by atoms with Gasteiger partial charge in [-0.15, -0.1) is 11.3 Å². The Balaban J connectivity index is 1.22. The maximum absolute atomic E-state index is 13.2. The molecular weight excluding hydrogens is 526 g/mol. The van der Waals surface area contributed by atoms with Gasteiger partial charge in [-0.05, 0) is 49.1 Å². The number of carbonyl (C=O) groups is 2. The number of ether oxygens (including phenoxy) is 1. The smallest absolute Gasteiger partial charge is 0.316 e. The van der Waals surface area contributed by atoms with E-state index in [1.807, 2.05) is 25.1 Å². The van der Waals surface area contributed by atoms with Crippen LogP contribution in [0.5, 0.6) is 6.01 Å².